The van der Waals surface area contributed by atoms with Crippen LogP contribution in [0.25, 0.3) is 22.3 Å². The van der Waals surface area contributed by atoms with E-state index in [1.807, 2.05) is 44.2 Å². The lowest BCUT2D eigenvalue weighted by Gasteiger charge is -2.07. The second-order valence-corrected chi connectivity index (χ2v) is 5.02. The van der Waals surface area contributed by atoms with Crippen LogP contribution in [0.3, 0.4) is 0 Å². The van der Waals surface area contributed by atoms with Gasteiger partial charge in [0.1, 0.15) is 11.1 Å². The molecule has 0 aliphatic rings. The largest absolute Gasteiger partial charge is 0.504 e. The van der Waals surface area contributed by atoms with Crippen molar-refractivity contribution in [3.63, 3.8) is 0 Å². The number of benzene rings is 2. The molecule has 1 N–H and O–H groups in total. The molecule has 0 fully saturated rings. The highest BCUT2D eigenvalue weighted by molar-refractivity contribution is 5.85. The number of phenolic OH excluding ortho intramolecular Hbond substituents is 1. The van der Waals surface area contributed by atoms with Crippen molar-refractivity contribution < 1.29 is 19.0 Å². The molecule has 0 radical (unpaired) electrons. The highest BCUT2D eigenvalue weighted by Crippen LogP contribution is 2.36. The van der Waals surface area contributed by atoms with E-state index in [0.29, 0.717) is 24.7 Å². The van der Waals surface area contributed by atoms with Gasteiger partial charge in [0, 0.05) is 12.1 Å². The molecule has 0 bridgehead atoms. The van der Waals surface area contributed by atoms with Crippen molar-refractivity contribution >= 4 is 11.0 Å². The van der Waals surface area contributed by atoms with Gasteiger partial charge in [0.15, 0.2) is 11.5 Å². The van der Waals surface area contributed by atoms with Gasteiger partial charge in [-0.25, -0.2) is 4.42 Å². The summed E-state index contributed by atoms with van der Waals surface area (Å²) in [6.45, 7) is 4.88. The lowest BCUT2D eigenvalue weighted by atomic mass is 10.1. The third-order valence-electron chi connectivity index (χ3n) is 3.48. The van der Waals surface area contributed by atoms with E-state index >= 15 is 0 Å². The third kappa shape index (κ3) is 3.06. The molecule has 0 atom stereocenters. The number of aromatic hydroxyl groups is 1. The summed E-state index contributed by atoms with van der Waals surface area (Å²) in [6.07, 6.45) is 0. The summed E-state index contributed by atoms with van der Waals surface area (Å²) in [4.78, 5) is 0. The number of phenols is 1. The first-order chi connectivity index (χ1) is 11.2. The Morgan fingerprint density at radius 3 is 2.43 bits per heavy atom. The number of ether oxygens (including phenoxy) is 2. The van der Waals surface area contributed by atoms with Gasteiger partial charge in [-0.2, -0.15) is 0 Å². The summed E-state index contributed by atoms with van der Waals surface area (Å²) in [5.74, 6) is 1.98. The summed E-state index contributed by atoms with van der Waals surface area (Å²) in [7, 11) is 0. The van der Waals surface area contributed by atoms with Gasteiger partial charge < -0.3 is 14.6 Å². The minimum atomic E-state index is 0.112. The first-order valence-electron chi connectivity index (χ1n) is 7.67. The van der Waals surface area contributed by atoms with Crippen LogP contribution in [-0.4, -0.2) is 18.3 Å². The first kappa shape index (κ1) is 15.2. The maximum absolute atomic E-state index is 9.84. The average Bonchev–Trinajstić information content (AvgIpc) is 2.57. The van der Waals surface area contributed by atoms with Crippen molar-refractivity contribution in [2.75, 3.05) is 13.2 Å². The van der Waals surface area contributed by atoms with Crippen LogP contribution < -0.4 is 9.47 Å². The molecular formula is C19H19O4+. The summed E-state index contributed by atoms with van der Waals surface area (Å²) in [5.41, 5.74) is 1.57. The molecule has 0 amide bonds. The van der Waals surface area contributed by atoms with Crippen molar-refractivity contribution in [1.29, 1.82) is 0 Å². The van der Waals surface area contributed by atoms with Crippen LogP contribution in [-0.2, 0) is 0 Å². The Hall–Kier alpha value is -2.75. The summed E-state index contributed by atoms with van der Waals surface area (Å²) in [6, 6.07) is 14.8. The third-order valence-corrected chi connectivity index (χ3v) is 3.48. The van der Waals surface area contributed by atoms with E-state index < -0.39 is 0 Å². The predicted molar refractivity (Wildman–Crippen MR) is 90.1 cm³/mol. The molecule has 3 aromatic rings. The summed E-state index contributed by atoms with van der Waals surface area (Å²) < 4.78 is 17.2. The Morgan fingerprint density at radius 1 is 0.913 bits per heavy atom. The quantitative estimate of drug-likeness (QED) is 0.682. The molecule has 2 aromatic carbocycles. The Balaban J connectivity index is 2.14. The monoisotopic (exact) mass is 311 g/mol. The van der Waals surface area contributed by atoms with Crippen molar-refractivity contribution in [3.05, 3.63) is 48.5 Å². The molecule has 3 rings (SSSR count). The van der Waals surface area contributed by atoms with Crippen LogP contribution in [0.2, 0.25) is 0 Å². The second kappa shape index (κ2) is 6.57. The van der Waals surface area contributed by atoms with Crippen molar-refractivity contribution in [2.24, 2.45) is 0 Å². The Kier molecular flexibility index (Phi) is 4.33. The van der Waals surface area contributed by atoms with Gasteiger partial charge in [-0.15, -0.1) is 0 Å². The number of rotatable bonds is 5. The Labute approximate surface area is 134 Å². The molecule has 0 saturated carbocycles. The fourth-order valence-corrected chi connectivity index (χ4v) is 2.46. The molecule has 118 valence electrons. The molecule has 4 nitrogen and oxygen atoms in total. The zero-order chi connectivity index (χ0) is 16.2. The van der Waals surface area contributed by atoms with Crippen LogP contribution >= 0.6 is 0 Å². The standard InChI is InChI=1S/C19H18O4/c1-3-21-18-12-17(23-16-8-6-5-7-14(16)18)13-9-10-15(20)19(11-13)22-4-2/h5-12H,3-4H2,1-2H3/p+1. The van der Waals surface area contributed by atoms with Crippen LogP contribution in [0, 0.1) is 0 Å². The van der Waals surface area contributed by atoms with Gasteiger partial charge in [0.25, 0.3) is 0 Å². The minimum absolute atomic E-state index is 0.112. The molecule has 0 aliphatic carbocycles. The summed E-state index contributed by atoms with van der Waals surface area (Å²) >= 11 is 0. The number of hydrogen-bond donors (Lipinski definition) is 1. The molecule has 1 aromatic heterocycles. The van der Waals surface area contributed by atoms with Crippen LogP contribution in [0.1, 0.15) is 13.8 Å². The van der Waals surface area contributed by atoms with Crippen LogP contribution in [0.15, 0.2) is 52.9 Å². The average molecular weight is 311 g/mol. The molecule has 0 unspecified atom stereocenters. The fourth-order valence-electron chi connectivity index (χ4n) is 2.46. The zero-order valence-electron chi connectivity index (χ0n) is 13.2. The van der Waals surface area contributed by atoms with E-state index in [-0.39, 0.29) is 5.75 Å². The van der Waals surface area contributed by atoms with E-state index in [1.165, 1.54) is 0 Å². The van der Waals surface area contributed by atoms with Crippen LogP contribution in [0.4, 0.5) is 0 Å². The SMILES string of the molecule is CCOc1cc(-c2cc(OCC)c3ccccc3[o+]2)ccc1O. The van der Waals surface area contributed by atoms with Gasteiger partial charge in [-0.1, -0.05) is 12.1 Å². The lowest BCUT2D eigenvalue weighted by Crippen LogP contribution is -1.94. The Morgan fingerprint density at radius 2 is 1.65 bits per heavy atom. The van der Waals surface area contributed by atoms with E-state index in [0.717, 1.165) is 22.3 Å². The maximum Gasteiger partial charge on any atom is 0.364 e. The van der Waals surface area contributed by atoms with Gasteiger partial charge in [-0.3, -0.25) is 0 Å². The lowest BCUT2D eigenvalue weighted by molar-refractivity contribution is 0.318. The smallest absolute Gasteiger partial charge is 0.364 e. The maximum atomic E-state index is 9.84. The van der Waals surface area contributed by atoms with E-state index in [1.54, 1.807) is 18.2 Å². The highest BCUT2D eigenvalue weighted by atomic mass is 16.5. The normalized spacial score (nSPS) is 10.7. The fraction of sp³-hybridized carbons (Fsp3) is 0.211. The topological polar surface area (TPSA) is 50.0 Å². The highest BCUT2D eigenvalue weighted by Gasteiger charge is 2.20. The number of fused-ring (bicyclic) bond motifs is 1. The molecule has 4 heteroatoms. The van der Waals surface area contributed by atoms with E-state index in [4.69, 9.17) is 13.9 Å². The minimum Gasteiger partial charge on any atom is -0.504 e. The van der Waals surface area contributed by atoms with E-state index in [2.05, 4.69) is 0 Å². The molecular weight excluding hydrogens is 292 g/mol. The number of hydrogen-bond acceptors (Lipinski definition) is 3. The van der Waals surface area contributed by atoms with Crippen molar-refractivity contribution in [3.8, 4) is 28.6 Å². The first-order valence-corrected chi connectivity index (χ1v) is 7.67. The van der Waals surface area contributed by atoms with E-state index in [9.17, 15) is 5.11 Å². The van der Waals surface area contributed by atoms with Gasteiger partial charge in [0.05, 0.1) is 24.8 Å². The molecule has 1 heterocycles. The van der Waals surface area contributed by atoms with Crippen molar-refractivity contribution in [2.45, 2.75) is 13.8 Å². The molecule has 0 spiro atoms. The summed E-state index contributed by atoms with van der Waals surface area (Å²) in [5, 5.41) is 10.8. The molecule has 23 heavy (non-hydrogen) atoms. The number of para-hydroxylation sites is 1. The van der Waals surface area contributed by atoms with Gasteiger partial charge in [0.2, 0.25) is 0 Å². The van der Waals surface area contributed by atoms with Gasteiger partial charge in [-0.05, 0) is 32.0 Å². The Bertz CT molecular complexity index is 827. The molecule has 0 saturated heterocycles. The van der Waals surface area contributed by atoms with Crippen LogP contribution in [0.5, 0.6) is 17.2 Å². The molecule has 0 aliphatic heterocycles. The second-order valence-electron chi connectivity index (χ2n) is 5.02. The zero-order valence-corrected chi connectivity index (χ0v) is 13.2. The van der Waals surface area contributed by atoms with Gasteiger partial charge >= 0.3 is 11.3 Å². The van der Waals surface area contributed by atoms with Crippen molar-refractivity contribution in [1.82, 2.24) is 0 Å². The predicted octanol–water partition coefficient (Wildman–Crippen LogP) is 4.88.